The zero-order valence-corrected chi connectivity index (χ0v) is 15.1. The largest absolute Gasteiger partial charge is 0.354 e. The summed E-state index contributed by atoms with van der Waals surface area (Å²) in [6, 6.07) is 12.9. The van der Waals surface area contributed by atoms with Gasteiger partial charge >= 0.3 is 0 Å². The summed E-state index contributed by atoms with van der Waals surface area (Å²) in [6.07, 6.45) is 1.81. The maximum Gasteiger partial charge on any atom is 0.247 e. The first-order valence-corrected chi connectivity index (χ1v) is 8.64. The molecule has 134 valence electrons. The Bertz CT molecular complexity index is 860. The molecule has 1 unspecified atom stereocenters. The number of carbonyl (C=O) groups is 2. The summed E-state index contributed by atoms with van der Waals surface area (Å²) in [6.45, 7) is 8.24. The van der Waals surface area contributed by atoms with Crippen LogP contribution >= 0.6 is 0 Å². The van der Waals surface area contributed by atoms with Crippen molar-refractivity contribution in [1.29, 1.82) is 0 Å². The van der Waals surface area contributed by atoms with Gasteiger partial charge in [-0.2, -0.15) is 0 Å². The van der Waals surface area contributed by atoms with Crippen LogP contribution in [0.5, 0.6) is 0 Å². The quantitative estimate of drug-likeness (QED) is 0.810. The van der Waals surface area contributed by atoms with Crippen molar-refractivity contribution in [2.24, 2.45) is 0 Å². The Morgan fingerprint density at radius 3 is 2.77 bits per heavy atom. The topological polar surface area (TPSA) is 61.4 Å². The molecule has 5 heteroatoms. The van der Waals surface area contributed by atoms with Gasteiger partial charge in [0, 0.05) is 12.2 Å². The van der Waals surface area contributed by atoms with Crippen LogP contribution in [0.3, 0.4) is 0 Å². The van der Waals surface area contributed by atoms with E-state index in [9.17, 15) is 9.59 Å². The molecule has 0 spiro atoms. The molecule has 0 radical (unpaired) electrons. The van der Waals surface area contributed by atoms with Crippen molar-refractivity contribution in [2.45, 2.75) is 26.3 Å². The van der Waals surface area contributed by atoms with E-state index in [0.717, 1.165) is 28.2 Å². The number of anilines is 3. The molecule has 0 aliphatic carbocycles. The molecule has 1 aliphatic rings. The molecular formula is C21H23N3O2. The second-order valence-corrected chi connectivity index (χ2v) is 6.53. The number of nitrogens with zero attached hydrogens (tertiary/aromatic N) is 1. The molecule has 1 aliphatic heterocycles. The molecule has 2 N–H and O–H groups in total. The van der Waals surface area contributed by atoms with Crippen molar-refractivity contribution in [1.82, 2.24) is 0 Å². The summed E-state index contributed by atoms with van der Waals surface area (Å²) in [5, 5.41) is 5.81. The van der Waals surface area contributed by atoms with Gasteiger partial charge in [-0.1, -0.05) is 35.9 Å². The van der Waals surface area contributed by atoms with Crippen LogP contribution in [0.25, 0.3) is 0 Å². The highest BCUT2D eigenvalue weighted by Gasteiger charge is 2.33. The molecule has 0 saturated carbocycles. The first-order valence-electron chi connectivity index (χ1n) is 8.64. The fourth-order valence-electron chi connectivity index (χ4n) is 3.25. The van der Waals surface area contributed by atoms with Gasteiger partial charge in [-0.05, 0) is 37.6 Å². The molecule has 2 aromatic rings. The van der Waals surface area contributed by atoms with Crippen molar-refractivity contribution < 1.29 is 9.59 Å². The van der Waals surface area contributed by atoms with E-state index in [-0.39, 0.29) is 18.2 Å². The number of amides is 2. The van der Waals surface area contributed by atoms with Gasteiger partial charge < -0.3 is 15.5 Å². The number of nitrogens with one attached hydrogen (secondary N) is 2. The predicted octanol–water partition coefficient (Wildman–Crippen LogP) is 3.65. The zero-order valence-electron chi connectivity index (χ0n) is 15.1. The van der Waals surface area contributed by atoms with E-state index in [4.69, 9.17) is 0 Å². The Kier molecular flexibility index (Phi) is 5.07. The average molecular weight is 349 g/mol. The van der Waals surface area contributed by atoms with E-state index in [1.807, 2.05) is 61.2 Å². The fraction of sp³-hybridized carbons (Fsp3) is 0.238. The van der Waals surface area contributed by atoms with Crippen molar-refractivity contribution in [2.75, 3.05) is 22.1 Å². The number of para-hydroxylation sites is 2. The van der Waals surface area contributed by atoms with Crippen LogP contribution in [-0.2, 0) is 9.59 Å². The fourth-order valence-corrected chi connectivity index (χ4v) is 3.25. The van der Waals surface area contributed by atoms with E-state index < -0.39 is 6.04 Å². The summed E-state index contributed by atoms with van der Waals surface area (Å²) in [5.74, 6) is -0.369. The van der Waals surface area contributed by atoms with Crippen LogP contribution in [0.1, 0.15) is 17.5 Å². The van der Waals surface area contributed by atoms with Crippen LogP contribution < -0.4 is 15.5 Å². The van der Waals surface area contributed by atoms with Crippen LogP contribution in [0.4, 0.5) is 17.1 Å². The molecule has 2 aromatic carbocycles. The molecule has 5 nitrogen and oxygen atoms in total. The number of benzene rings is 2. The van der Waals surface area contributed by atoms with E-state index in [0.29, 0.717) is 6.54 Å². The average Bonchev–Trinajstić information content (AvgIpc) is 2.60. The van der Waals surface area contributed by atoms with Crippen molar-refractivity contribution in [3.63, 3.8) is 0 Å². The lowest BCUT2D eigenvalue weighted by atomic mass is 10.0. The van der Waals surface area contributed by atoms with Gasteiger partial charge in [0.15, 0.2) is 0 Å². The number of hydrogen-bond donors (Lipinski definition) is 2. The molecule has 1 heterocycles. The van der Waals surface area contributed by atoms with Crippen LogP contribution in [0.2, 0.25) is 0 Å². The number of carbonyl (C=O) groups excluding carboxylic acids is 2. The number of fused-ring (bicyclic) bond motifs is 1. The van der Waals surface area contributed by atoms with Crippen LogP contribution in [-0.4, -0.2) is 24.4 Å². The monoisotopic (exact) mass is 349 g/mol. The third-order valence-corrected chi connectivity index (χ3v) is 4.51. The SMILES string of the molecule is C=CCN1c2ccccc2NC(=O)C1CC(=O)Nc1ccc(C)cc1C. The Morgan fingerprint density at radius 1 is 1.27 bits per heavy atom. The van der Waals surface area contributed by atoms with Gasteiger partial charge in [-0.15, -0.1) is 6.58 Å². The Labute approximate surface area is 153 Å². The molecule has 1 atom stereocenters. The lowest BCUT2D eigenvalue weighted by molar-refractivity contribution is -0.122. The van der Waals surface area contributed by atoms with Gasteiger partial charge in [-0.3, -0.25) is 9.59 Å². The Morgan fingerprint density at radius 2 is 2.04 bits per heavy atom. The number of rotatable bonds is 5. The van der Waals surface area contributed by atoms with Crippen LogP contribution in [0, 0.1) is 13.8 Å². The van der Waals surface area contributed by atoms with Gasteiger partial charge in [0.2, 0.25) is 11.8 Å². The minimum atomic E-state index is -0.575. The van der Waals surface area contributed by atoms with E-state index >= 15 is 0 Å². The Balaban J connectivity index is 1.79. The molecular weight excluding hydrogens is 326 g/mol. The summed E-state index contributed by atoms with van der Waals surface area (Å²) in [7, 11) is 0. The zero-order chi connectivity index (χ0) is 18.7. The maximum absolute atomic E-state index is 12.6. The highest BCUT2D eigenvalue weighted by atomic mass is 16.2. The predicted molar refractivity (Wildman–Crippen MR) is 106 cm³/mol. The van der Waals surface area contributed by atoms with Gasteiger partial charge in [0.05, 0.1) is 17.8 Å². The van der Waals surface area contributed by atoms with E-state index in [1.54, 1.807) is 6.08 Å². The van der Waals surface area contributed by atoms with Crippen molar-refractivity contribution in [3.05, 3.63) is 66.2 Å². The van der Waals surface area contributed by atoms with E-state index in [2.05, 4.69) is 17.2 Å². The highest BCUT2D eigenvalue weighted by Crippen LogP contribution is 2.32. The van der Waals surface area contributed by atoms with Gasteiger partial charge in [-0.25, -0.2) is 0 Å². The first-order chi connectivity index (χ1) is 12.5. The number of hydrogen-bond acceptors (Lipinski definition) is 3. The standard InChI is InChI=1S/C21H23N3O2/c1-4-11-24-18-8-6-5-7-17(18)23-21(26)19(24)13-20(25)22-16-10-9-14(2)12-15(16)3/h4-10,12,19H,1,11,13H2,2-3H3,(H,22,25)(H,23,26). The normalized spacial score (nSPS) is 15.8. The maximum atomic E-state index is 12.6. The Hall–Kier alpha value is -3.08. The molecule has 0 aromatic heterocycles. The molecule has 0 fully saturated rings. The summed E-state index contributed by atoms with van der Waals surface area (Å²) in [5.41, 5.74) is 4.56. The summed E-state index contributed by atoms with van der Waals surface area (Å²) >= 11 is 0. The molecule has 2 amide bonds. The summed E-state index contributed by atoms with van der Waals surface area (Å²) in [4.78, 5) is 27.1. The minimum absolute atomic E-state index is 0.0708. The lowest BCUT2D eigenvalue weighted by Gasteiger charge is -2.37. The van der Waals surface area contributed by atoms with Gasteiger partial charge in [0.25, 0.3) is 0 Å². The first kappa shape index (κ1) is 17.7. The third-order valence-electron chi connectivity index (χ3n) is 4.51. The second kappa shape index (κ2) is 7.44. The van der Waals surface area contributed by atoms with Crippen LogP contribution in [0.15, 0.2) is 55.1 Å². The lowest BCUT2D eigenvalue weighted by Crippen LogP contribution is -2.49. The minimum Gasteiger partial charge on any atom is -0.354 e. The highest BCUT2D eigenvalue weighted by molar-refractivity contribution is 6.06. The molecule has 26 heavy (non-hydrogen) atoms. The number of aryl methyl sites for hydroxylation is 2. The van der Waals surface area contributed by atoms with Crippen molar-refractivity contribution >= 4 is 28.9 Å². The smallest absolute Gasteiger partial charge is 0.247 e. The third kappa shape index (κ3) is 3.61. The second-order valence-electron chi connectivity index (χ2n) is 6.53. The molecule has 0 saturated heterocycles. The van der Waals surface area contributed by atoms with Crippen molar-refractivity contribution in [3.8, 4) is 0 Å². The van der Waals surface area contributed by atoms with E-state index in [1.165, 1.54) is 0 Å². The van der Waals surface area contributed by atoms with Gasteiger partial charge in [0.1, 0.15) is 6.04 Å². The molecule has 0 bridgehead atoms. The summed E-state index contributed by atoms with van der Waals surface area (Å²) < 4.78 is 0. The molecule has 3 rings (SSSR count).